The molecule has 1 atom stereocenters. The standard InChI is InChI=1S/C15H16ClNO2S.ClH/c1-17(9-8-11-5-4-10-20-11)14(15(18)19)12-6-2-3-7-13(12)16;/h2-7,10,14H,8-9H2,1H3,(H,18,19);1H. The van der Waals surface area contributed by atoms with Gasteiger partial charge in [-0.1, -0.05) is 35.9 Å². The molecule has 21 heavy (non-hydrogen) atoms. The molecule has 0 aliphatic rings. The Hall–Kier alpha value is -1.07. The highest BCUT2D eigenvalue weighted by Gasteiger charge is 2.26. The van der Waals surface area contributed by atoms with E-state index in [1.165, 1.54) is 4.88 Å². The van der Waals surface area contributed by atoms with E-state index in [9.17, 15) is 9.90 Å². The summed E-state index contributed by atoms with van der Waals surface area (Å²) in [5.74, 6) is -0.883. The number of rotatable bonds is 6. The number of likely N-dealkylation sites (N-methyl/N-ethyl adjacent to an activating group) is 1. The zero-order chi connectivity index (χ0) is 14.5. The van der Waals surface area contributed by atoms with Crippen molar-refractivity contribution >= 4 is 41.3 Å². The normalized spacial score (nSPS) is 12.0. The first-order valence-corrected chi connectivity index (χ1v) is 7.55. The quantitative estimate of drug-likeness (QED) is 0.855. The summed E-state index contributed by atoms with van der Waals surface area (Å²) in [4.78, 5) is 14.6. The molecule has 0 radical (unpaired) electrons. The van der Waals surface area contributed by atoms with Crippen LogP contribution in [0.4, 0.5) is 0 Å². The molecule has 0 bridgehead atoms. The van der Waals surface area contributed by atoms with Gasteiger partial charge in [-0.15, -0.1) is 23.7 Å². The lowest BCUT2D eigenvalue weighted by Gasteiger charge is -2.25. The highest BCUT2D eigenvalue weighted by atomic mass is 35.5. The summed E-state index contributed by atoms with van der Waals surface area (Å²) in [6.45, 7) is 0.669. The minimum Gasteiger partial charge on any atom is -0.480 e. The van der Waals surface area contributed by atoms with E-state index in [0.717, 1.165) is 6.42 Å². The van der Waals surface area contributed by atoms with Crippen molar-refractivity contribution in [2.75, 3.05) is 13.6 Å². The maximum Gasteiger partial charge on any atom is 0.325 e. The summed E-state index contributed by atoms with van der Waals surface area (Å²) in [7, 11) is 1.82. The van der Waals surface area contributed by atoms with Crippen molar-refractivity contribution in [1.82, 2.24) is 4.90 Å². The monoisotopic (exact) mass is 345 g/mol. The number of hydrogen-bond acceptors (Lipinski definition) is 3. The molecule has 0 spiro atoms. The summed E-state index contributed by atoms with van der Waals surface area (Å²) in [6, 6.07) is 10.4. The third-order valence-electron chi connectivity index (χ3n) is 3.17. The third-order valence-corrected chi connectivity index (χ3v) is 4.45. The molecular weight excluding hydrogens is 329 g/mol. The summed E-state index contributed by atoms with van der Waals surface area (Å²) in [6.07, 6.45) is 0.836. The van der Waals surface area contributed by atoms with E-state index in [4.69, 9.17) is 11.6 Å². The van der Waals surface area contributed by atoms with E-state index in [1.807, 2.05) is 29.5 Å². The second-order valence-corrected chi connectivity index (χ2v) is 6.01. The van der Waals surface area contributed by atoms with Gasteiger partial charge in [0.1, 0.15) is 6.04 Å². The molecule has 0 saturated heterocycles. The molecule has 0 amide bonds. The predicted octanol–water partition coefficient (Wildman–Crippen LogP) is 4.12. The van der Waals surface area contributed by atoms with Crippen molar-refractivity contribution in [1.29, 1.82) is 0 Å². The number of nitrogens with zero attached hydrogens (tertiary/aromatic N) is 1. The van der Waals surface area contributed by atoms with E-state index in [1.54, 1.807) is 29.5 Å². The molecule has 0 aliphatic carbocycles. The van der Waals surface area contributed by atoms with Gasteiger partial charge in [0.05, 0.1) is 0 Å². The van der Waals surface area contributed by atoms with E-state index >= 15 is 0 Å². The molecule has 1 N–H and O–H groups in total. The maximum absolute atomic E-state index is 11.6. The molecule has 1 unspecified atom stereocenters. The van der Waals surface area contributed by atoms with Crippen LogP contribution >= 0.6 is 35.3 Å². The van der Waals surface area contributed by atoms with Gasteiger partial charge in [-0.2, -0.15) is 0 Å². The molecule has 1 aromatic carbocycles. The Bertz CT molecular complexity index is 575. The second kappa shape index (κ2) is 8.39. The Morgan fingerprint density at radius 3 is 2.62 bits per heavy atom. The van der Waals surface area contributed by atoms with Crippen LogP contribution in [0.15, 0.2) is 41.8 Å². The molecule has 2 aromatic rings. The fourth-order valence-corrected chi connectivity index (χ4v) is 3.06. The third kappa shape index (κ3) is 4.71. The SMILES string of the molecule is CN(CCc1cccs1)C(C(=O)O)c1ccccc1Cl.Cl. The van der Waals surface area contributed by atoms with Gasteiger partial charge in [0.25, 0.3) is 0 Å². The van der Waals surface area contributed by atoms with Gasteiger partial charge in [0.2, 0.25) is 0 Å². The topological polar surface area (TPSA) is 40.5 Å². The Morgan fingerprint density at radius 1 is 1.33 bits per heavy atom. The van der Waals surface area contributed by atoms with Crippen molar-refractivity contribution in [3.05, 3.63) is 57.2 Å². The summed E-state index contributed by atoms with van der Waals surface area (Å²) >= 11 is 7.80. The van der Waals surface area contributed by atoms with Crippen LogP contribution in [0, 0.1) is 0 Å². The highest BCUT2D eigenvalue weighted by Crippen LogP contribution is 2.27. The summed E-state index contributed by atoms with van der Waals surface area (Å²) < 4.78 is 0. The first-order chi connectivity index (χ1) is 9.59. The molecular formula is C15H17Cl2NO2S. The Kier molecular flexibility index (Phi) is 7.18. The Labute approximate surface area is 139 Å². The molecule has 0 saturated carbocycles. The van der Waals surface area contributed by atoms with Gasteiger partial charge in [0, 0.05) is 16.4 Å². The second-order valence-electron chi connectivity index (χ2n) is 4.57. The number of carboxylic acid groups (broad SMARTS) is 1. The Morgan fingerprint density at radius 2 is 2.05 bits per heavy atom. The van der Waals surface area contributed by atoms with Gasteiger partial charge in [-0.05, 0) is 36.5 Å². The Balaban J connectivity index is 0.00000220. The minimum absolute atomic E-state index is 0. The van der Waals surface area contributed by atoms with Crippen molar-refractivity contribution in [2.24, 2.45) is 0 Å². The molecule has 1 heterocycles. The van der Waals surface area contributed by atoms with Crippen LogP contribution in [0.5, 0.6) is 0 Å². The number of hydrogen-bond donors (Lipinski definition) is 1. The first kappa shape index (κ1) is 18.0. The predicted molar refractivity (Wildman–Crippen MR) is 89.7 cm³/mol. The van der Waals surface area contributed by atoms with Gasteiger partial charge in [0.15, 0.2) is 0 Å². The van der Waals surface area contributed by atoms with Crippen LogP contribution in [0.25, 0.3) is 0 Å². The lowest BCUT2D eigenvalue weighted by Crippen LogP contribution is -2.32. The summed E-state index contributed by atoms with van der Waals surface area (Å²) in [5, 5.41) is 12.0. The molecule has 2 rings (SSSR count). The molecule has 3 nitrogen and oxygen atoms in total. The molecule has 0 fully saturated rings. The maximum atomic E-state index is 11.6. The molecule has 114 valence electrons. The molecule has 0 aliphatic heterocycles. The number of carboxylic acids is 1. The highest BCUT2D eigenvalue weighted by molar-refractivity contribution is 7.09. The molecule has 6 heteroatoms. The molecule has 1 aromatic heterocycles. The summed E-state index contributed by atoms with van der Waals surface area (Å²) in [5.41, 5.74) is 0.635. The van der Waals surface area contributed by atoms with Crippen molar-refractivity contribution in [3.63, 3.8) is 0 Å². The van der Waals surface area contributed by atoms with E-state index < -0.39 is 12.0 Å². The van der Waals surface area contributed by atoms with Gasteiger partial charge < -0.3 is 5.11 Å². The number of carbonyl (C=O) groups is 1. The van der Waals surface area contributed by atoms with E-state index in [-0.39, 0.29) is 12.4 Å². The fourth-order valence-electron chi connectivity index (χ4n) is 2.13. The average molecular weight is 346 g/mol. The lowest BCUT2D eigenvalue weighted by atomic mass is 10.1. The number of halogens is 2. The lowest BCUT2D eigenvalue weighted by molar-refractivity contribution is -0.143. The zero-order valence-electron chi connectivity index (χ0n) is 11.5. The van der Waals surface area contributed by atoms with Gasteiger partial charge >= 0.3 is 5.97 Å². The van der Waals surface area contributed by atoms with Crippen molar-refractivity contribution in [3.8, 4) is 0 Å². The van der Waals surface area contributed by atoms with Gasteiger partial charge in [-0.25, -0.2) is 0 Å². The number of thiophene rings is 1. The van der Waals surface area contributed by atoms with Crippen LogP contribution in [-0.4, -0.2) is 29.6 Å². The van der Waals surface area contributed by atoms with Crippen LogP contribution in [0.1, 0.15) is 16.5 Å². The zero-order valence-corrected chi connectivity index (χ0v) is 13.9. The van der Waals surface area contributed by atoms with Crippen molar-refractivity contribution in [2.45, 2.75) is 12.5 Å². The van der Waals surface area contributed by atoms with E-state index in [2.05, 4.69) is 6.07 Å². The van der Waals surface area contributed by atoms with Crippen LogP contribution < -0.4 is 0 Å². The van der Waals surface area contributed by atoms with Gasteiger partial charge in [-0.3, -0.25) is 9.69 Å². The largest absolute Gasteiger partial charge is 0.480 e. The number of aliphatic carboxylic acids is 1. The minimum atomic E-state index is -0.883. The van der Waals surface area contributed by atoms with E-state index in [0.29, 0.717) is 17.1 Å². The average Bonchev–Trinajstić information content (AvgIpc) is 2.92. The smallest absolute Gasteiger partial charge is 0.325 e. The van der Waals surface area contributed by atoms with Crippen LogP contribution in [0.3, 0.4) is 0 Å². The fraction of sp³-hybridized carbons (Fsp3) is 0.267. The van der Waals surface area contributed by atoms with Crippen molar-refractivity contribution < 1.29 is 9.90 Å². The first-order valence-electron chi connectivity index (χ1n) is 6.29. The van der Waals surface area contributed by atoms with Crippen LogP contribution in [-0.2, 0) is 11.2 Å². The van der Waals surface area contributed by atoms with Crippen LogP contribution in [0.2, 0.25) is 5.02 Å². The number of benzene rings is 1.